The number of ether oxygens (including phenoxy) is 1. The molecule has 0 amide bonds. The van der Waals surface area contributed by atoms with Crippen molar-refractivity contribution in [3.63, 3.8) is 0 Å². The number of hydrogen-bond donors (Lipinski definition) is 1. The van der Waals surface area contributed by atoms with Crippen LogP contribution in [-0.2, 0) is 16.0 Å². The largest absolute Gasteiger partial charge is 0.460 e. The minimum atomic E-state index is -0.416. The summed E-state index contributed by atoms with van der Waals surface area (Å²) in [6.07, 6.45) is 1.98. The zero-order valence-corrected chi connectivity index (χ0v) is 14.7. The van der Waals surface area contributed by atoms with Gasteiger partial charge in [-0.1, -0.05) is 36.4 Å². The fraction of sp³-hybridized carbons (Fsp3) is 0.300. The van der Waals surface area contributed by atoms with Crippen molar-refractivity contribution in [2.24, 2.45) is 5.10 Å². The maximum absolute atomic E-state index is 12.5. The molecule has 0 fully saturated rings. The van der Waals surface area contributed by atoms with Gasteiger partial charge in [-0.05, 0) is 49.9 Å². The van der Waals surface area contributed by atoms with E-state index < -0.39 is 5.97 Å². The van der Waals surface area contributed by atoms with Gasteiger partial charge < -0.3 is 9.64 Å². The van der Waals surface area contributed by atoms with Crippen LogP contribution < -0.4 is 10.3 Å². The number of anilines is 2. The van der Waals surface area contributed by atoms with Crippen LogP contribution in [0.5, 0.6) is 0 Å². The van der Waals surface area contributed by atoms with E-state index in [4.69, 9.17) is 4.74 Å². The lowest BCUT2D eigenvalue weighted by Gasteiger charge is -2.30. The second kappa shape index (κ2) is 7.83. The standard InChI is InChI=1S/C20H23N3O2/c1-3-25-20(24)19(22-21-17-12-6-4-9-15(17)2)23-14-8-11-16-10-5-7-13-18(16)23/h4-7,9-10,12-13,21H,3,8,11,14H2,1-2H3/b22-19-. The number of amidine groups is 1. The van der Waals surface area contributed by atoms with Gasteiger partial charge in [0.1, 0.15) is 0 Å². The Morgan fingerprint density at radius 3 is 2.76 bits per heavy atom. The molecule has 5 nitrogen and oxygen atoms in total. The fourth-order valence-corrected chi connectivity index (χ4v) is 2.98. The number of nitrogens with one attached hydrogen (secondary N) is 1. The molecule has 0 atom stereocenters. The normalized spacial score (nSPS) is 14.0. The van der Waals surface area contributed by atoms with Crippen LogP contribution in [0.1, 0.15) is 24.5 Å². The van der Waals surface area contributed by atoms with Gasteiger partial charge in [-0.25, -0.2) is 4.79 Å². The third-order valence-electron chi connectivity index (χ3n) is 4.25. The zero-order chi connectivity index (χ0) is 17.6. The molecule has 1 aliphatic heterocycles. The number of rotatable bonds is 3. The molecule has 0 radical (unpaired) electrons. The summed E-state index contributed by atoms with van der Waals surface area (Å²) >= 11 is 0. The van der Waals surface area contributed by atoms with Gasteiger partial charge in [0.2, 0.25) is 5.84 Å². The van der Waals surface area contributed by atoms with E-state index in [2.05, 4.69) is 16.6 Å². The molecular weight excluding hydrogens is 314 g/mol. The first kappa shape index (κ1) is 17.0. The average Bonchev–Trinajstić information content (AvgIpc) is 2.64. The van der Waals surface area contributed by atoms with Crippen LogP contribution in [0.2, 0.25) is 0 Å². The van der Waals surface area contributed by atoms with Gasteiger partial charge in [-0.2, -0.15) is 0 Å². The van der Waals surface area contributed by atoms with E-state index in [1.54, 1.807) is 6.92 Å². The van der Waals surface area contributed by atoms with Crippen LogP contribution in [0.4, 0.5) is 11.4 Å². The summed E-state index contributed by atoms with van der Waals surface area (Å²) in [5.41, 5.74) is 7.20. The molecule has 25 heavy (non-hydrogen) atoms. The summed E-state index contributed by atoms with van der Waals surface area (Å²) in [6.45, 7) is 4.86. The number of carbonyl (C=O) groups is 1. The van der Waals surface area contributed by atoms with E-state index >= 15 is 0 Å². The molecule has 0 aromatic heterocycles. The number of nitrogens with zero attached hydrogens (tertiary/aromatic N) is 2. The van der Waals surface area contributed by atoms with Crippen LogP contribution in [-0.4, -0.2) is 25.0 Å². The first-order chi connectivity index (χ1) is 12.2. The molecule has 0 aliphatic carbocycles. The number of para-hydroxylation sites is 2. The number of aryl methyl sites for hydroxylation is 2. The molecule has 0 bridgehead atoms. The van der Waals surface area contributed by atoms with Gasteiger partial charge in [0.05, 0.1) is 12.3 Å². The second-order valence-corrected chi connectivity index (χ2v) is 5.97. The van der Waals surface area contributed by atoms with Crippen molar-refractivity contribution >= 4 is 23.2 Å². The monoisotopic (exact) mass is 337 g/mol. The summed E-state index contributed by atoms with van der Waals surface area (Å²) in [7, 11) is 0. The van der Waals surface area contributed by atoms with Crippen LogP contribution >= 0.6 is 0 Å². The number of esters is 1. The van der Waals surface area contributed by atoms with Gasteiger partial charge >= 0.3 is 5.97 Å². The predicted octanol–water partition coefficient (Wildman–Crippen LogP) is 3.74. The predicted molar refractivity (Wildman–Crippen MR) is 101 cm³/mol. The van der Waals surface area contributed by atoms with Gasteiger partial charge in [0, 0.05) is 12.2 Å². The molecule has 0 saturated heterocycles. The van der Waals surface area contributed by atoms with Gasteiger partial charge in [0.25, 0.3) is 0 Å². The maximum Gasteiger partial charge on any atom is 0.376 e. The molecule has 2 aromatic carbocycles. The number of fused-ring (bicyclic) bond motifs is 1. The molecule has 2 aromatic rings. The highest BCUT2D eigenvalue weighted by atomic mass is 16.5. The van der Waals surface area contributed by atoms with E-state index in [0.717, 1.165) is 36.3 Å². The van der Waals surface area contributed by atoms with Crippen molar-refractivity contribution in [2.75, 3.05) is 23.5 Å². The molecule has 1 heterocycles. The van der Waals surface area contributed by atoms with Crippen molar-refractivity contribution in [1.82, 2.24) is 0 Å². The van der Waals surface area contributed by atoms with Crippen molar-refractivity contribution in [1.29, 1.82) is 0 Å². The van der Waals surface area contributed by atoms with Crippen molar-refractivity contribution < 1.29 is 9.53 Å². The summed E-state index contributed by atoms with van der Waals surface area (Å²) in [5.74, 6) is -0.127. The molecular formula is C20H23N3O2. The SMILES string of the molecule is CCOC(=O)/C(=N/Nc1ccccc1C)N1CCCc2ccccc21. The van der Waals surface area contributed by atoms with E-state index in [1.807, 2.05) is 54.3 Å². The molecule has 130 valence electrons. The van der Waals surface area contributed by atoms with E-state index in [-0.39, 0.29) is 5.84 Å². The highest BCUT2D eigenvalue weighted by molar-refractivity contribution is 6.41. The van der Waals surface area contributed by atoms with Crippen molar-refractivity contribution in [2.45, 2.75) is 26.7 Å². The summed E-state index contributed by atoms with van der Waals surface area (Å²) in [4.78, 5) is 14.5. The number of carbonyl (C=O) groups excluding carboxylic acids is 1. The Morgan fingerprint density at radius 2 is 1.96 bits per heavy atom. The average molecular weight is 337 g/mol. The molecule has 0 spiro atoms. The fourth-order valence-electron chi connectivity index (χ4n) is 2.98. The lowest BCUT2D eigenvalue weighted by molar-refractivity contribution is -0.135. The number of benzene rings is 2. The Bertz CT molecular complexity index is 786. The Kier molecular flexibility index (Phi) is 5.33. The third kappa shape index (κ3) is 3.82. The Labute approximate surface area is 148 Å². The Balaban J connectivity index is 1.94. The minimum absolute atomic E-state index is 0.289. The van der Waals surface area contributed by atoms with E-state index in [1.165, 1.54) is 5.56 Å². The van der Waals surface area contributed by atoms with Crippen LogP contribution in [0.25, 0.3) is 0 Å². The summed E-state index contributed by atoms with van der Waals surface area (Å²) < 4.78 is 5.24. The first-order valence-corrected chi connectivity index (χ1v) is 8.62. The lowest BCUT2D eigenvalue weighted by atomic mass is 10.0. The van der Waals surface area contributed by atoms with Gasteiger partial charge in [0.15, 0.2) is 0 Å². The minimum Gasteiger partial charge on any atom is -0.460 e. The third-order valence-corrected chi connectivity index (χ3v) is 4.25. The Morgan fingerprint density at radius 1 is 1.20 bits per heavy atom. The topological polar surface area (TPSA) is 53.9 Å². The number of hydrogen-bond acceptors (Lipinski definition) is 4. The molecule has 3 rings (SSSR count). The van der Waals surface area contributed by atoms with Gasteiger partial charge in [-0.15, -0.1) is 5.10 Å². The first-order valence-electron chi connectivity index (χ1n) is 8.62. The molecule has 1 N–H and O–H groups in total. The van der Waals surface area contributed by atoms with Crippen LogP contribution in [0.15, 0.2) is 53.6 Å². The highest BCUT2D eigenvalue weighted by Gasteiger charge is 2.26. The van der Waals surface area contributed by atoms with Crippen molar-refractivity contribution in [3.05, 3.63) is 59.7 Å². The molecule has 0 unspecified atom stereocenters. The second-order valence-electron chi connectivity index (χ2n) is 5.97. The van der Waals surface area contributed by atoms with Crippen LogP contribution in [0, 0.1) is 6.92 Å². The summed E-state index contributed by atoms with van der Waals surface area (Å²) in [6, 6.07) is 16.0. The summed E-state index contributed by atoms with van der Waals surface area (Å²) in [5, 5.41) is 4.41. The molecule has 0 saturated carbocycles. The van der Waals surface area contributed by atoms with E-state index in [9.17, 15) is 4.79 Å². The van der Waals surface area contributed by atoms with Crippen LogP contribution in [0.3, 0.4) is 0 Å². The zero-order valence-electron chi connectivity index (χ0n) is 14.7. The quantitative estimate of drug-likeness (QED) is 0.401. The highest BCUT2D eigenvalue weighted by Crippen LogP contribution is 2.27. The van der Waals surface area contributed by atoms with E-state index in [0.29, 0.717) is 6.61 Å². The Hall–Kier alpha value is -2.82. The number of hydrazone groups is 1. The smallest absolute Gasteiger partial charge is 0.376 e. The van der Waals surface area contributed by atoms with Crippen molar-refractivity contribution in [3.8, 4) is 0 Å². The molecule has 1 aliphatic rings. The molecule has 5 heteroatoms. The maximum atomic E-state index is 12.5. The van der Waals surface area contributed by atoms with Gasteiger partial charge in [-0.3, -0.25) is 5.43 Å². The lowest BCUT2D eigenvalue weighted by Crippen LogP contribution is -2.41.